The van der Waals surface area contributed by atoms with Crippen LogP contribution in [0.5, 0.6) is 0 Å². The Morgan fingerprint density at radius 3 is 3.00 bits per heavy atom. The van der Waals surface area contributed by atoms with Crippen LogP contribution in [0.4, 0.5) is 4.39 Å². The first-order chi connectivity index (χ1) is 9.43. The first-order valence-electron chi connectivity index (χ1n) is 6.04. The van der Waals surface area contributed by atoms with E-state index >= 15 is 0 Å². The number of carbonyl (C=O) groups excluding carboxylic acids is 1. The molecule has 6 N–H and O–H groups in total. The second-order valence-corrected chi connectivity index (χ2v) is 4.64. The van der Waals surface area contributed by atoms with E-state index in [4.69, 9.17) is 21.0 Å². The number of rotatable bonds is 3. The van der Waals surface area contributed by atoms with Gasteiger partial charge >= 0.3 is 0 Å². The molecule has 0 saturated carbocycles. The molecule has 1 aromatic heterocycles. The molecule has 0 radical (unpaired) electrons. The van der Waals surface area contributed by atoms with Crippen molar-refractivity contribution in [1.82, 2.24) is 15.3 Å². The number of halogens is 1. The van der Waals surface area contributed by atoms with Crippen LogP contribution in [0.1, 0.15) is 29.3 Å². The molecule has 2 rings (SSSR count). The molecule has 1 saturated heterocycles. The fourth-order valence-corrected chi connectivity index (χ4v) is 2.10. The molecule has 9 heteroatoms. The Morgan fingerprint density at radius 2 is 2.45 bits per heavy atom. The number of aliphatic hydroxyl groups is 1. The number of alkyl halides is 1. The third-order valence-corrected chi connectivity index (χ3v) is 3.24. The zero-order valence-corrected chi connectivity index (χ0v) is 10.8. The maximum Gasteiger partial charge on any atom is 0.293 e. The van der Waals surface area contributed by atoms with Crippen molar-refractivity contribution in [3.05, 3.63) is 17.7 Å². The molecule has 1 fully saturated rings. The zero-order chi connectivity index (χ0) is 14.9. The summed E-state index contributed by atoms with van der Waals surface area (Å²) in [5.74, 6) is -1.75. The summed E-state index contributed by atoms with van der Waals surface area (Å²) < 4.78 is 19.5. The van der Waals surface area contributed by atoms with E-state index in [2.05, 4.69) is 15.3 Å². The van der Waals surface area contributed by atoms with E-state index in [1.54, 1.807) is 6.92 Å². The van der Waals surface area contributed by atoms with E-state index in [1.165, 1.54) is 6.20 Å². The van der Waals surface area contributed by atoms with Gasteiger partial charge in [0.05, 0.1) is 24.6 Å². The number of amides is 1. The number of aromatic amines is 1. The van der Waals surface area contributed by atoms with Crippen LogP contribution >= 0.6 is 0 Å². The van der Waals surface area contributed by atoms with E-state index in [0.29, 0.717) is 5.69 Å². The Morgan fingerprint density at radius 1 is 1.75 bits per heavy atom. The molecule has 20 heavy (non-hydrogen) atoms. The van der Waals surface area contributed by atoms with Gasteiger partial charge in [-0.1, -0.05) is 6.92 Å². The fraction of sp³-hybridized carbons (Fsp3) is 0.545. The molecular weight excluding hydrogens is 269 g/mol. The highest BCUT2D eigenvalue weighted by molar-refractivity contribution is 6.02. The van der Waals surface area contributed by atoms with Gasteiger partial charge in [0.1, 0.15) is 12.3 Å². The van der Waals surface area contributed by atoms with E-state index in [1.807, 2.05) is 0 Å². The molecule has 0 aliphatic carbocycles. The largest absolute Gasteiger partial charge is 0.394 e. The van der Waals surface area contributed by atoms with E-state index in [9.17, 15) is 9.18 Å². The number of hydrogen-bond donors (Lipinski definition) is 5. The summed E-state index contributed by atoms with van der Waals surface area (Å²) in [5, 5.41) is 18.1. The van der Waals surface area contributed by atoms with Crippen molar-refractivity contribution in [3.63, 3.8) is 0 Å². The van der Waals surface area contributed by atoms with Gasteiger partial charge in [-0.05, 0) is 0 Å². The van der Waals surface area contributed by atoms with Gasteiger partial charge in [0.2, 0.25) is 0 Å². The van der Waals surface area contributed by atoms with Gasteiger partial charge in [0, 0.05) is 5.92 Å². The van der Waals surface area contributed by atoms with Crippen molar-refractivity contribution < 1.29 is 19.0 Å². The minimum atomic E-state index is -1.31. The number of hydrogen-bond acceptors (Lipinski definition) is 5. The summed E-state index contributed by atoms with van der Waals surface area (Å²) in [6.45, 7) is 1.37. The molecule has 1 aliphatic heterocycles. The number of nitrogens with one attached hydrogen (secondary N) is 3. The number of ether oxygens (including phenoxy) is 1. The van der Waals surface area contributed by atoms with Crippen LogP contribution in [0.25, 0.3) is 0 Å². The number of carbonyl (C=O) groups is 1. The lowest BCUT2D eigenvalue weighted by Gasteiger charge is -2.10. The third-order valence-electron chi connectivity index (χ3n) is 3.24. The third kappa shape index (κ3) is 2.63. The monoisotopic (exact) mass is 285 g/mol. The SMILES string of the molecule is C[C@@H]1[C@@H](CO)OC(c2cnc(C(=O)NC(=N)N)[nH]2)[C@@H]1F. The van der Waals surface area contributed by atoms with Gasteiger partial charge in [0.25, 0.3) is 5.91 Å². The average molecular weight is 285 g/mol. The smallest absolute Gasteiger partial charge is 0.293 e. The first kappa shape index (κ1) is 14.4. The van der Waals surface area contributed by atoms with Crippen LogP contribution in [-0.4, -0.2) is 45.8 Å². The molecule has 4 atom stereocenters. The number of guanidine groups is 1. The minimum Gasteiger partial charge on any atom is -0.394 e. The summed E-state index contributed by atoms with van der Waals surface area (Å²) in [7, 11) is 0. The van der Waals surface area contributed by atoms with E-state index in [-0.39, 0.29) is 12.4 Å². The Balaban J connectivity index is 2.13. The maximum atomic E-state index is 14.1. The second kappa shape index (κ2) is 5.55. The number of aromatic nitrogens is 2. The summed E-state index contributed by atoms with van der Waals surface area (Å²) in [6.07, 6.45) is -1.52. The number of nitrogens with two attached hydrogens (primary N) is 1. The zero-order valence-electron chi connectivity index (χ0n) is 10.8. The number of nitrogens with zero attached hydrogens (tertiary/aromatic N) is 1. The Bertz CT molecular complexity index is 520. The van der Waals surface area contributed by atoms with Crippen LogP contribution in [-0.2, 0) is 4.74 Å². The van der Waals surface area contributed by atoms with Crippen LogP contribution in [0.2, 0.25) is 0 Å². The molecular formula is C11H16FN5O3. The van der Waals surface area contributed by atoms with E-state index < -0.39 is 36.2 Å². The van der Waals surface area contributed by atoms with Crippen molar-refractivity contribution in [2.45, 2.75) is 25.3 Å². The van der Waals surface area contributed by atoms with Gasteiger partial charge in [-0.3, -0.25) is 15.5 Å². The molecule has 0 aromatic carbocycles. The lowest BCUT2D eigenvalue weighted by atomic mass is 9.99. The predicted molar refractivity (Wildman–Crippen MR) is 66.7 cm³/mol. The van der Waals surface area contributed by atoms with Gasteiger partial charge in [-0.2, -0.15) is 0 Å². The Hall–Kier alpha value is -2.00. The van der Waals surface area contributed by atoms with Crippen LogP contribution in [0.15, 0.2) is 6.20 Å². The van der Waals surface area contributed by atoms with Gasteiger partial charge in [-0.15, -0.1) is 0 Å². The summed E-state index contributed by atoms with van der Waals surface area (Å²) in [4.78, 5) is 18.0. The van der Waals surface area contributed by atoms with Crippen LogP contribution in [0.3, 0.4) is 0 Å². The van der Waals surface area contributed by atoms with Crippen molar-refractivity contribution in [2.24, 2.45) is 11.7 Å². The topological polar surface area (TPSA) is 137 Å². The highest BCUT2D eigenvalue weighted by Crippen LogP contribution is 2.38. The molecule has 8 nitrogen and oxygen atoms in total. The first-order valence-corrected chi connectivity index (χ1v) is 6.04. The van der Waals surface area contributed by atoms with Gasteiger partial charge in [0.15, 0.2) is 11.8 Å². The number of aliphatic hydroxyl groups excluding tert-OH is 1. The van der Waals surface area contributed by atoms with Gasteiger partial charge < -0.3 is 20.6 Å². The molecule has 110 valence electrons. The lowest BCUT2D eigenvalue weighted by molar-refractivity contribution is -0.00630. The molecule has 1 aliphatic rings. The normalized spacial score (nSPS) is 29.4. The quantitative estimate of drug-likeness (QED) is 0.374. The molecule has 1 unspecified atom stereocenters. The Labute approximate surface area is 114 Å². The molecule has 1 amide bonds. The summed E-state index contributed by atoms with van der Waals surface area (Å²) >= 11 is 0. The van der Waals surface area contributed by atoms with Gasteiger partial charge in [-0.25, -0.2) is 9.37 Å². The molecule has 2 heterocycles. The summed E-state index contributed by atoms with van der Waals surface area (Å²) in [6, 6.07) is 0. The maximum absolute atomic E-state index is 14.1. The minimum absolute atomic E-state index is 0.0916. The Kier molecular flexibility index (Phi) is 4.00. The number of imidazole rings is 1. The van der Waals surface area contributed by atoms with Crippen molar-refractivity contribution in [2.75, 3.05) is 6.61 Å². The summed E-state index contributed by atoms with van der Waals surface area (Å²) in [5.41, 5.74) is 5.33. The van der Waals surface area contributed by atoms with Crippen molar-refractivity contribution in [3.8, 4) is 0 Å². The average Bonchev–Trinajstić information content (AvgIpc) is 2.96. The fourth-order valence-electron chi connectivity index (χ4n) is 2.10. The standard InChI is InChI=1S/C11H16FN5O3/c1-4-6(3-18)20-8(7(4)12)5-2-15-9(16-5)10(19)17-11(13)14/h2,4,6-8,18H,3H2,1H3,(H,15,16)(H4,13,14,17,19)/t4-,6-,7-,8?/m1/s1. The molecule has 0 spiro atoms. The molecule has 0 bridgehead atoms. The highest BCUT2D eigenvalue weighted by Gasteiger charge is 2.43. The van der Waals surface area contributed by atoms with Crippen molar-refractivity contribution in [1.29, 1.82) is 5.41 Å². The number of H-pyrrole nitrogens is 1. The van der Waals surface area contributed by atoms with E-state index in [0.717, 1.165) is 0 Å². The lowest BCUT2D eigenvalue weighted by Crippen LogP contribution is -2.36. The van der Waals surface area contributed by atoms with Crippen molar-refractivity contribution >= 4 is 11.9 Å². The molecule has 1 aromatic rings. The van der Waals surface area contributed by atoms with Crippen LogP contribution < -0.4 is 11.1 Å². The second-order valence-electron chi connectivity index (χ2n) is 4.64. The predicted octanol–water partition coefficient (Wildman–Crippen LogP) is -0.561. The van der Waals surface area contributed by atoms with Crippen LogP contribution in [0, 0.1) is 11.3 Å². The highest BCUT2D eigenvalue weighted by atomic mass is 19.1.